The van der Waals surface area contributed by atoms with Gasteiger partial charge in [0.25, 0.3) is 0 Å². The summed E-state index contributed by atoms with van der Waals surface area (Å²) in [6.07, 6.45) is 3.17. The number of carbonyl (C=O) groups excluding carboxylic acids is 1. The van der Waals surface area contributed by atoms with Crippen LogP contribution in [-0.2, 0) is 4.74 Å². The minimum absolute atomic E-state index is 0.116. The third-order valence-electron chi connectivity index (χ3n) is 6.90. The van der Waals surface area contributed by atoms with Gasteiger partial charge in [-0.05, 0) is 65.8 Å². The van der Waals surface area contributed by atoms with Crippen molar-refractivity contribution in [1.82, 2.24) is 5.32 Å². The van der Waals surface area contributed by atoms with E-state index in [1.807, 2.05) is 0 Å². The quantitative estimate of drug-likeness (QED) is 0.867. The molecule has 5 rings (SSSR count). The van der Waals surface area contributed by atoms with Crippen LogP contribution >= 0.6 is 0 Å². The van der Waals surface area contributed by atoms with Crippen LogP contribution in [0.1, 0.15) is 36.3 Å². The summed E-state index contributed by atoms with van der Waals surface area (Å²) in [7, 11) is 0. The van der Waals surface area contributed by atoms with Crippen LogP contribution in [0.25, 0.3) is 11.1 Å². The summed E-state index contributed by atoms with van der Waals surface area (Å²) in [5, 5.41) is 3.10. The van der Waals surface area contributed by atoms with E-state index in [1.165, 1.54) is 28.7 Å². The van der Waals surface area contributed by atoms with E-state index in [0.29, 0.717) is 18.4 Å². The van der Waals surface area contributed by atoms with Crippen molar-refractivity contribution in [2.24, 2.45) is 23.5 Å². The smallest absolute Gasteiger partial charge is 0.407 e. The van der Waals surface area contributed by atoms with Gasteiger partial charge in [-0.25, -0.2) is 4.79 Å². The van der Waals surface area contributed by atoms with Gasteiger partial charge in [0.2, 0.25) is 0 Å². The highest BCUT2D eigenvalue weighted by molar-refractivity contribution is 5.79. The maximum atomic E-state index is 12.4. The normalized spacial score (nSPS) is 28.0. The van der Waals surface area contributed by atoms with Crippen LogP contribution < -0.4 is 11.1 Å². The third-order valence-corrected chi connectivity index (χ3v) is 6.90. The zero-order valence-electron chi connectivity index (χ0n) is 15.4. The number of benzene rings is 2. The monoisotopic (exact) mass is 362 g/mol. The highest BCUT2D eigenvalue weighted by Gasteiger charge is 2.47. The molecule has 3 aliphatic rings. The van der Waals surface area contributed by atoms with E-state index in [0.717, 1.165) is 25.3 Å². The summed E-state index contributed by atoms with van der Waals surface area (Å²) < 4.78 is 5.67. The van der Waals surface area contributed by atoms with Crippen molar-refractivity contribution >= 4 is 6.09 Å². The van der Waals surface area contributed by atoms with Crippen molar-refractivity contribution in [3.8, 4) is 11.1 Å². The first-order valence-electron chi connectivity index (χ1n) is 10.1. The molecule has 2 aromatic rings. The zero-order valence-corrected chi connectivity index (χ0v) is 15.4. The van der Waals surface area contributed by atoms with Crippen molar-refractivity contribution in [2.75, 3.05) is 13.2 Å². The second kappa shape index (κ2) is 6.68. The van der Waals surface area contributed by atoms with Crippen molar-refractivity contribution < 1.29 is 9.53 Å². The van der Waals surface area contributed by atoms with Crippen LogP contribution in [0.4, 0.5) is 4.79 Å². The Bertz CT molecular complexity index is 819. The lowest BCUT2D eigenvalue weighted by molar-refractivity contribution is 0.101. The molecule has 3 aliphatic carbocycles. The molecule has 2 aromatic carbocycles. The molecule has 27 heavy (non-hydrogen) atoms. The zero-order chi connectivity index (χ0) is 18.4. The number of fused-ring (bicyclic) bond motifs is 4. The van der Waals surface area contributed by atoms with E-state index in [1.54, 1.807) is 0 Å². The van der Waals surface area contributed by atoms with Crippen molar-refractivity contribution in [2.45, 2.75) is 31.2 Å². The predicted octanol–water partition coefficient (Wildman–Crippen LogP) is 3.90. The average Bonchev–Trinajstić information content (AvgIpc) is 3.19. The minimum atomic E-state index is -0.281. The van der Waals surface area contributed by atoms with Crippen LogP contribution in [0.2, 0.25) is 0 Å². The molecule has 2 fully saturated rings. The second-order valence-electron chi connectivity index (χ2n) is 8.31. The molecule has 140 valence electrons. The highest BCUT2D eigenvalue weighted by Crippen LogP contribution is 2.49. The molecule has 0 bridgehead atoms. The van der Waals surface area contributed by atoms with E-state index in [9.17, 15) is 4.79 Å². The summed E-state index contributed by atoms with van der Waals surface area (Å²) in [5.74, 6) is 2.09. The van der Waals surface area contributed by atoms with Gasteiger partial charge in [-0.1, -0.05) is 48.5 Å². The number of rotatable bonds is 4. The Labute approximate surface area is 160 Å². The maximum absolute atomic E-state index is 12.4. The van der Waals surface area contributed by atoms with Crippen molar-refractivity contribution in [3.63, 3.8) is 0 Å². The fourth-order valence-electron chi connectivity index (χ4n) is 5.50. The van der Waals surface area contributed by atoms with Crippen molar-refractivity contribution in [3.05, 3.63) is 59.7 Å². The summed E-state index contributed by atoms with van der Waals surface area (Å²) in [4.78, 5) is 12.4. The van der Waals surface area contributed by atoms with Crippen molar-refractivity contribution in [1.29, 1.82) is 0 Å². The number of nitrogens with two attached hydrogens (primary N) is 1. The van der Waals surface area contributed by atoms with E-state index in [4.69, 9.17) is 10.5 Å². The molecule has 4 unspecified atom stereocenters. The van der Waals surface area contributed by atoms with Gasteiger partial charge in [-0.3, -0.25) is 0 Å². The lowest BCUT2D eigenvalue weighted by Crippen LogP contribution is -2.50. The Balaban J connectivity index is 1.23. The molecular formula is C23H26N2O2. The van der Waals surface area contributed by atoms with Crippen LogP contribution in [0.15, 0.2) is 48.5 Å². The molecule has 0 spiro atoms. The standard InChI is InChI=1S/C23H26N2O2/c24-12-14-9-15-11-22(20(15)10-14)25-23(26)27-13-21-18-7-3-1-5-16(18)17-6-2-4-8-19(17)21/h1-8,14-15,20-22H,9-13,24H2,(H,25,26). The van der Waals surface area contributed by atoms with Crippen LogP contribution in [0.5, 0.6) is 0 Å². The number of carbonyl (C=O) groups is 1. The summed E-state index contributed by atoms with van der Waals surface area (Å²) in [5.41, 5.74) is 10.8. The highest BCUT2D eigenvalue weighted by atomic mass is 16.5. The summed E-state index contributed by atoms with van der Waals surface area (Å²) in [6, 6.07) is 17.1. The Hall–Kier alpha value is -2.33. The second-order valence-corrected chi connectivity index (χ2v) is 8.31. The van der Waals surface area contributed by atoms with E-state index < -0.39 is 0 Å². The average molecular weight is 362 g/mol. The Kier molecular flexibility index (Phi) is 4.16. The van der Waals surface area contributed by atoms with Crippen LogP contribution in [0.3, 0.4) is 0 Å². The number of amides is 1. The number of nitrogens with one attached hydrogen (secondary N) is 1. The van der Waals surface area contributed by atoms with Gasteiger partial charge in [0.15, 0.2) is 0 Å². The molecule has 4 nitrogen and oxygen atoms in total. The molecule has 0 aliphatic heterocycles. The van der Waals surface area contributed by atoms with Gasteiger partial charge in [-0.15, -0.1) is 0 Å². The third kappa shape index (κ3) is 2.83. The molecule has 3 N–H and O–H groups in total. The van der Waals surface area contributed by atoms with E-state index in [-0.39, 0.29) is 18.1 Å². The Morgan fingerprint density at radius 2 is 1.67 bits per heavy atom. The molecule has 2 saturated carbocycles. The summed E-state index contributed by atoms with van der Waals surface area (Å²) >= 11 is 0. The molecule has 0 heterocycles. The number of ether oxygens (including phenoxy) is 1. The topological polar surface area (TPSA) is 64.3 Å². The number of hydrogen-bond donors (Lipinski definition) is 2. The molecule has 0 saturated heterocycles. The molecule has 4 atom stereocenters. The molecular weight excluding hydrogens is 336 g/mol. The van der Waals surface area contributed by atoms with E-state index in [2.05, 4.69) is 53.8 Å². The molecule has 0 radical (unpaired) electrons. The predicted molar refractivity (Wildman–Crippen MR) is 105 cm³/mol. The first kappa shape index (κ1) is 16.8. The molecule has 4 heteroatoms. The van der Waals surface area contributed by atoms with Gasteiger partial charge in [0.1, 0.15) is 6.61 Å². The van der Waals surface area contributed by atoms with Crippen LogP contribution in [0, 0.1) is 17.8 Å². The first-order valence-corrected chi connectivity index (χ1v) is 10.1. The SMILES string of the molecule is NCC1CC2CC(NC(=O)OCC3c4ccccc4-c4ccccc43)C2C1. The van der Waals surface area contributed by atoms with Gasteiger partial charge in [0.05, 0.1) is 0 Å². The fraction of sp³-hybridized carbons (Fsp3) is 0.435. The summed E-state index contributed by atoms with van der Waals surface area (Å²) in [6.45, 7) is 1.15. The Morgan fingerprint density at radius 1 is 1.00 bits per heavy atom. The van der Waals surface area contributed by atoms with Gasteiger partial charge < -0.3 is 15.8 Å². The largest absolute Gasteiger partial charge is 0.449 e. The number of alkyl carbamates (subject to hydrolysis) is 1. The molecule has 1 amide bonds. The maximum Gasteiger partial charge on any atom is 0.407 e. The van der Waals surface area contributed by atoms with E-state index >= 15 is 0 Å². The lowest BCUT2D eigenvalue weighted by Gasteiger charge is -2.40. The van der Waals surface area contributed by atoms with Gasteiger partial charge in [-0.2, -0.15) is 0 Å². The first-order chi connectivity index (χ1) is 13.2. The molecule has 0 aromatic heterocycles. The lowest BCUT2D eigenvalue weighted by atomic mass is 9.71. The Morgan fingerprint density at radius 3 is 2.33 bits per heavy atom. The van der Waals surface area contributed by atoms with Gasteiger partial charge in [0, 0.05) is 12.0 Å². The fourth-order valence-corrected chi connectivity index (χ4v) is 5.50. The van der Waals surface area contributed by atoms with Crippen LogP contribution in [-0.4, -0.2) is 25.3 Å². The van der Waals surface area contributed by atoms with Gasteiger partial charge >= 0.3 is 6.09 Å². The number of hydrogen-bond acceptors (Lipinski definition) is 3. The minimum Gasteiger partial charge on any atom is -0.449 e.